The van der Waals surface area contributed by atoms with Gasteiger partial charge < -0.3 is 24.1 Å². The number of ether oxygens (including phenoxy) is 2. The summed E-state index contributed by atoms with van der Waals surface area (Å²) in [5.74, 6) is -1.12. The van der Waals surface area contributed by atoms with Crippen LogP contribution in [0.25, 0.3) is 11.0 Å². The molecule has 0 saturated heterocycles. The molecule has 0 saturated carbocycles. The number of nitrogens with one attached hydrogen (secondary N) is 1. The van der Waals surface area contributed by atoms with Crippen LogP contribution in [0.3, 0.4) is 0 Å². The van der Waals surface area contributed by atoms with E-state index < -0.39 is 30.7 Å². The Morgan fingerprint density at radius 2 is 1.73 bits per heavy atom. The fourth-order valence-corrected chi connectivity index (χ4v) is 3.08. The van der Waals surface area contributed by atoms with Gasteiger partial charge in [0.2, 0.25) is 0 Å². The van der Waals surface area contributed by atoms with E-state index in [1.54, 1.807) is 47.4 Å². The van der Waals surface area contributed by atoms with E-state index in [9.17, 15) is 19.2 Å². The Morgan fingerprint density at radius 1 is 0.970 bits per heavy atom. The molecule has 0 bridgehead atoms. The molecule has 0 spiro atoms. The van der Waals surface area contributed by atoms with Crippen LogP contribution in [0, 0.1) is 0 Å². The summed E-state index contributed by atoms with van der Waals surface area (Å²) in [5.41, 5.74) is 0.707. The number of anilines is 1. The second-order valence-corrected chi connectivity index (χ2v) is 7.01. The first-order chi connectivity index (χ1) is 15.9. The molecule has 0 fully saturated rings. The zero-order valence-corrected chi connectivity index (χ0v) is 18.3. The number of rotatable bonds is 9. The monoisotopic (exact) mass is 452 g/mol. The average molecular weight is 452 g/mol. The first-order valence-electron chi connectivity index (χ1n) is 10.4. The van der Waals surface area contributed by atoms with E-state index in [0.717, 1.165) is 0 Å². The van der Waals surface area contributed by atoms with Crippen molar-refractivity contribution in [2.24, 2.45) is 0 Å². The average Bonchev–Trinajstić information content (AvgIpc) is 2.82. The number of amides is 2. The molecule has 0 unspecified atom stereocenters. The highest BCUT2D eigenvalue weighted by Gasteiger charge is 2.14. The molecule has 0 radical (unpaired) electrons. The highest BCUT2D eigenvalue weighted by molar-refractivity contribution is 5.97. The minimum absolute atomic E-state index is 0.132. The van der Waals surface area contributed by atoms with Crippen LogP contribution in [0.2, 0.25) is 0 Å². The lowest BCUT2D eigenvalue weighted by atomic mass is 10.1. The van der Waals surface area contributed by atoms with E-state index in [1.165, 1.54) is 12.1 Å². The molecule has 0 aliphatic rings. The maximum absolute atomic E-state index is 12.4. The van der Waals surface area contributed by atoms with Gasteiger partial charge in [0, 0.05) is 41.9 Å². The first kappa shape index (κ1) is 23.5. The molecule has 1 aromatic heterocycles. The highest BCUT2D eigenvalue weighted by Crippen LogP contribution is 2.19. The predicted octanol–water partition coefficient (Wildman–Crippen LogP) is 2.84. The molecule has 1 N–H and O–H groups in total. The molecule has 3 aromatic rings. The molecule has 172 valence electrons. The van der Waals surface area contributed by atoms with E-state index in [2.05, 4.69) is 5.32 Å². The predicted molar refractivity (Wildman–Crippen MR) is 121 cm³/mol. The number of carbonyl (C=O) groups excluding carboxylic acids is 3. The SMILES string of the molecule is CCN(CC)C(=O)c1cccc(NC(=O)COC(=O)COc2ccc3ccc(=O)oc3c2)c1. The summed E-state index contributed by atoms with van der Waals surface area (Å²) in [4.78, 5) is 49.5. The highest BCUT2D eigenvalue weighted by atomic mass is 16.6. The molecule has 2 aromatic carbocycles. The number of carbonyl (C=O) groups is 3. The van der Waals surface area contributed by atoms with Crippen molar-refractivity contribution in [3.63, 3.8) is 0 Å². The number of hydrogen-bond acceptors (Lipinski definition) is 7. The molecular weight excluding hydrogens is 428 g/mol. The normalized spacial score (nSPS) is 10.5. The lowest BCUT2D eigenvalue weighted by Gasteiger charge is -2.19. The van der Waals surface area contributed by atoms with E-state index in [0.29, 0.717) is 41.1 Å². The van der Waals surface area contributed by atoms with Crippen molar-refractivity contribution in [2.75, 3.05) is 31.6 Å². The van der Waals surface area contributed by atoms with Gasteiger partial charge in [-0.25, -0.2) is 9.59 Å². The number of fused-ring (bicyclic) bond motifs is 1. The van der Waals surface area contributed by atoms with Crippen molar-refractivity contribution in [1.82, 2.24) is 4.90 Å². The zero-order chi connectivity index (χ0) is 23.8. The zero-order valence-electron chi connectivity index (χ0n) is 18.3. The summed E-state index contributed by atoms with van der Waals surface area (Å²) in [6.07, 6.45) is 0. The molecule has 1 heterocycles. The lowest BCUT2D eigenvalue weighted by Crippen LogP contribution is -2.30. The fourth-order valence-electron chi connectivity index (χ4n) is 3.08. The minimum atomic E-state index is -0.745. The van der Waals surface area contributed by atoms with Gasteiger partial charge in [-0.2, -0.15) is 0 Å². The summed E-state index contributed by atoms with van der Waals surface area (Å²) in [5, 5.41) is 3.31. The molecular formula is C24H24N2O7. The van der Waals surface area contributed by atoms with Crippen molar-refractivity contribution >= 4 is 34.4 Å². The summed E-state index contributed by atoms with van der Waals surface area (Å²) in [6, 6.07) is 14.3. The standard InChI is InChI=1S/C24H24N2O7/c1-3-26(4-2)24(30)17-6-5-7-18(12-17)25-21(27)14-32-23(29)15-31-19-10-8-16-9-11-22(28)33-20(16)13-19/h5-13H,3-4,14-15H2,1-2H3,(H,25,27). The fraction of sp³-hybridized carbons (Fsp3) is 0.250. The number of nitrogens with zero attached hydrogens (tertiary/aromatic N) is 1. The van der Waals surface area contributed by atoms with Crippen LogP contribution in [0.1, 0.15) is 24.2 Å². The Morgan fingerprint density at radius 3 is 2.48 bits per heavy atom. The van der Waals surface area contributed by atoms with E-state index in [-0.39, 0.29) is 5.91 Å². The van der Waals surface area contributed by atoms with Crippen LogP contribution in [-0.4, -0.2) is 49.0 Å². The van der Waals surface area contributed by atoms with Gasteiger partial charge in [0.05, 0.1) is 0 Å². The third kappa shape index (κ3) is 6.42. The van der Waals surface area contributed by atoms with Crippen molar-refractivity contribution in [1.29, 1.82) is 0 Å². The van der Waals surface area contributed by atoms with Crippen molar-refractivity contribution in [3.8, 4) is 5.75 Å². The van der Waals surface area contributed by atoms with E-state index in [4.69, 9.17) is 13.9 Å². The van der Waals surface area contributed by atoms with Crippen LogP contribution >= 0.6 is 0 Å². The Bertz CT molecular complexity index is 1210. The van der Waals surface area contributed by atoms with Crippen molar-refractivity contribution in [2.45, 2.75) is 13.8 Å². The minimum Gasteiger partial charge on any atom is -0.482 e. The van der Waals surface area contributed by atoms with Gasteiger partial charge in [-0.1, -0.05) is 6.07 Å². The molecule has 9 heteroatoms. The topological polar surface area (TPSA) is 115 Å². The van der Waals surface area contributed by atoms with Crippen LogP contribution in [0.15, 0.2) is 63.8 Å². The van der Waals surface area contributed by atoms with Crippen molar-refractivity contribution < 1.29 is 28.3 Å². The first-order valence-corrected chi connectivity index (χ1v) is 10.4. The third-order valence-corrected chi connectivity index (χ3v) is 4.76. The Labute approximate surface area is 189 Å². The summed E-state index contributed by atoms with van der Waals surface area (Å²) >= 11 is 0. The van der Waals surface area contributed by atoms with Crippen molar-refractivity contribution in [3.05, 3.63) is 70.6 Å². The Kier molecular flexibility index (Phi) is 7.80. The molecule has 2 amide bonds. The Balaban J connectivity index is 1.49. The van der Waals surface area contributed by atoms with E-state index >= 15 is 0 Å². The molecule has 9 nitrogen and oxygen atoms in total. The van der Waals surface area contributed by atoms with Gasteiger partial charge in [-0.15, -0.1) is 0 Å². The van der Waals surface area contributed by atoms with Crippen LogP contribution in [-0.2, 0) is 14.3 Å². The number of hydrogen-bond donors (Lipinski definition) is 1. The van der Waals surface area contributed by atoms with Gasteiger partial charge in [-0.3, -0.25) is 9.59 Å². The summed E-state index contributed by atoms with van der Waals surface area (Å²) in [6.45, 7) is 4.01. The maximum atomic E-state index is 12.4. The van der Waals surface area contributed by atoms with Crippen LogP contribution in [0.5, 0.6) is 5.75 Å². The number of esters is 1. The van der Waals surface area contributed by atoms with Gasteiger partial charge in [0.25, 0.3) is 11.8 Å². The maximum Gasteiger partial charge on any atom is 0.344 e. The summed E-state index contributed by atoms with van der Waals surface area (Å²) in [7, 11) is 0. The molecule has 3 rings (SSSR count). The molecule has 0 aliphatic carbocycles. The van der Waals surface area contributed by atoms with Gasteiger partial charge in [-0.05, 0) is 50.2 Å². The largest absolute Gasteiger partial charge is 0.482 e. The number of benzene rings is 2. The third-order valence-electron chi connectivity index (χ3n) is 4.76. The van der Waals surface area contributed by atoms with E-state index in [1.807, 2.05) is 13.8 Å². The second-order valence-electron chi connectivity index (χ2n) is 7.01. The van der Waals surface area contributed by atoms with Crippen LogP contribution < -0.4 is 15.7 Å². The Hall–Kier alpha value is -4.14. The van der Waals surface area contributed by atoms with Gasteiger partial charge >= 0.3 is 11.6 Å². The van der Waals surface area contributed by atoms with Gasteiger partial charge in [0.1, 0.15) is 11.3 Å². The van der Waals surface area contributed by atoms with Gasteiger partial charge in [0.15, 0.2) is 13.2 Å². The quantitative estimate of drug-likeness (QED) is 0.392. The molecule has 0 atom stereocenters. The molecule has 33 heavy (non-hydrogen) atoms. The van der Waals surface area contributed by atoms with Crippen LogP contribution in [0.4, 0.5) is 5.69 Å². The summed E-state index contributed by atoms with van der Waals surface area (Å²) < 4.78 is 15.3. The smallest absolute Gasteiger partial charge is 0.344 e. The molecule has 0 aliphatic heterocycles. The lowest BCUT2D eigenvalue weighted by molar-refractivity contribution is -0.149. The second kappa shape index (κ2) is 10.9.